The van der Waals surface area contributed by atoms with Crippen LogP contribution < -0.4 is 10.1 Å². The standard InChI is InChI=1S/C20H27NO2/c1-13(21-19(22)17-3-5-18(23-2)6-4-17)20-10-14-7-15(11-20)9-16(8-14)12-20/h3-6,13-16H,7-12H2,1-2H3,(H,21,22)/t13-,14?,15?,16?,20?/m1/s1. The summed E-state index contributed by atoms with van der Waals surface area (Å²) < 4.78 is 5.16. The first-order valence-corrected chi connectivity index (χ1v) is 9.03. The second-order valence-corrected chi connectivity index (χ2v) is 8.20. The number of nitrogens with one attached hydrogen (secondary N) is 1. The molecule has 124 valence electrons. The van der Waals surface area contributed by atoms with E-state index in [0.717, 1.165) is 29.1 Å². The van der Waals surface area contributed by atoms with E-state index in [9.17, 15) is 4.79 Å². The Kier molecular flexibility index (Phi) is 3.62. The summed E-state index contributed by atoms with van der Waals surface area (Å²) in [7, 11) is 1.64. The second-order valence-electron chi connectivity index (χ2n) is 8.20. The van der Waals surface area contributed by atoms with Crippen LogP contribution in [0.2, 0.25) is 0 Å². The summed E-state index contributed by atoms with van der Waals surface area (Å²) in [5, 5.41) is 3.31. The van der Waals surface area contributed by atoms with Crippen molar-refractivity contribution in [2.45, 2.75) is 51.5 Å². The lowest BCUT2D eigenvalue weighted by Crippen LogP contribution is -2.55. The summed E-state index contributed by atoms with van der Waals surface area (Å²) in [5.74, 6) is 3.59. The molecule has 1 aromatic carbocycles. The van der Waals surface area contributed by atoms with Gasteiger partial charge < -0.3 is 10.1 Å². The predicted octanol–water partition coefficient (Wildman–Crippen LogP) is 4.03. The van der Waals surface area contributed by atoms with E-state index in [0.29, 0.717) is 5.41 Å². The van der Waals surface area contributed by atoms with E-state index in [-0.39, 0.29) is 11.9 Å². The van der Waals surface area contributed by atoms with Crippen molar-refractivity contribution in [3.05, 3.63) is 29.8 Å². The van der Waals surface area contributed by atoms with Crippen LogP contribution in [-0.2, 0) is 0 Å². The maximum Gasteiger partial charge on any atom is 0.251 e. The second kappa shape index (κ2) is 5.54. The molecule has 0 aromatic heterocycles. The van der Waals surface area contributed by atoms with Gasteiger partial charge in [0, 0.05) is 11.6 Å². The summed E-state index contributed by atoms with van der Waals surface area (Å²) >= 11 is 0. The fourth-order valence-electron chi connectivity index (χ4n) is 5.88. The van der Waals surface area contributed by atoms with E-state index in [1.165, 1.54) is 38.5 Å². The molecule has 0 radical (unpaired) electrons. The normalized spacial score (nSPS) is 35.8. The molecule has 1 atom stereocenters. The largest absolute Gasteiger partial charge is 0.497 e. The molecule has 1 N–H and O–H groups in total. The topological polar surface area (TPSA) is 38.3 Å². The zero-order valence-corrected chi connectivity index (χ0v) is 14.2. The van der Waals surface area contributed by atoms with Gasteiger partial charge in [0.25, 0.3) is 5.91 Å². The zero-order valence-electron chi connectivity index (χ0n) is 14.2. The first kappa shape index (κ1) is 15.0. The van der Waals surface area contributed by atoms with Crippen molar-refractivity contribution in [2.75, 3.05) is 7.11 Å². The Labute approximate surface area is 138 Å². The van der Waals surface area contributed by atoms with Crippen LogP contribution in [0.4, 0.5) is 0 Å². The Morgan fingerprint density at radius 3 is 2.09 bits per heavy atom. The number of ether oxygens (including phenoxy) is 1. The molecular formula is C20H27NO2. The Morgan fingerprint density at radius 2 is 1.61 bits per heavy atom. The van der Waals surface area contributed by atoms with E-state index >= 15 is 0 Å². The molecule has 4 aliphatic carbocycles. The number of benzene rings is 1. The van der Waals surface area contributed by atoms with Crippen LogP contribution in [0.3, 0.4) is 0 Å². The first-order chi connectivity index (χ1) is 11.1. The Morgan fingerprint density at radius 1 is 1.09 bits per heavy atom. The van der Waals surface area contributed by atoms with Gasteiger partial charge in [-0.25, -0.2) is 0 Å². The van der Waals surface area contributed by atoms with Gasteiger partial charge >= 0.3 is 0 Å². The van der Waals surface area contributed by atoms with Gasteiger partial charge in [-0.05, 0) is 92.9 Å². The highest BCUT2D eigenvalue weighted by Gasteiger charge is 2.53. The van der Waals surface area contributed by atoms with E-state index in [4.69, 9.17) is 4.74 Å². The van der Waals surface area contributed by atoms with Crippen molar-refractivity contribution in [3.63, 3.8) is 0 Å². The number of methoxy groups -OCH3 is 1. The lowest BCUT2D eigenvalue weighted by atomic mass is 9.48. The van der Waals surface area contributed by atoms with Crippen molar-refractivity contribution >= 4 is 5.91 Å². The number of amides is 1. The zero-order chi connectivity index (χ0) is 16.0. The van der Waals surface area contributed by atoms with Crippen LogP contribution in [0, 0.1) is 23.2 Å². The summed E-state index contributed by atoms with van der Waals surface area (Å²) in [6, 6.07) is 7.67. The number of carbonyl (C=O) groups excluding carboxylic acids is 1. The molecular weight excluding hydrogens is 286 g/mol. The van der Waals surface area contributed by atoms with Crippen LogP contribution in [0.5, 0.6) is 5.75 Å². The monoisotopic (exact) mass is 313 g/mol. The highest BCUT2D eigenvalue weighted by molar-refractivity contribution is 5.94. The number of carbonyl (C=O) groups is 1. The maximum atomic E-state index is 12.6. The fraction of sp³-hybridized carbons (Fsp3) is 0.650. The molecule has 5 rings (SSSR count). The smallest absolute Gasteiger partial charge is 0.251 e. The quantitative estimate of drug-likeness (QED) is 0.911. The summed E-state index contributed by atoms with van der Waals surface area (Å²) in [6.07, 6.45) is 8.30. The molecule has 23 heavy (non-hydrogen) atoms. The molecule has 0 saturated heterocycles. The molecule has 0 unspecified atom stereocenters. The predicted molar refractivity (Wildman–Crippen MR) is 90.5 cm³/mol. The van der Waals surface area contributed by atoms with Crippen LogP contribution in [0.25, 0.3) is 0 Å². The molecule has 4 aliphatic rings. The fourth-order valence-corrected chi connectivity index (χ4v) is 5.88. The first-order valence-electron chi connectivity index (χ1n) is 9.03. The van der Waals surface area contributed by atoms with Gasteiger partial charge in [0.05, 0.1) is 7.11 Å². The van der Waals surface area contributed by atoms with Crippen molar-refractivity contribution in [1.82, 2.24) is 5.32 Å². The molecule has 1 amide bonds. The van der Waals surface area contributed by atoms with E-state index in [1.54, 1.807) is 7.11 Å². The SMILES string of the molecule is COc1ccc(C(=O)N[C@H](C)C23CC4CC(CC(C4)C2)C3)cc1. The molecule has 0 aliphatic heterocycles. The van der Waals surface area contributed by atoms with Crippen LogP contribution >= 0.6 is 0 Å². The number of hydrogen-bond donors (Lipinski definition) is 1. The minimum atomic E-state index is 0.0518. The Bertz CT molecular complexity index is 557. The van der Waals surface area contributed by atoms with E-state index in [1.807, 2.05) is 24.3 Å². The van der Waals surface area contributed by atoms with Gasteiger partial charge in [-0.3, -0.25) is 4.79 Å². The van der Waals surface area contributed by atoms with Crippen molar-refractivity contribution in [1.29, 1.82) is 0 Å². The molecule has 3 nitrogen and oxygen atoms in total. The maximum absolute atomic E-state index is 12.6. The third-order valence-corrected chi connectivity index (χ3v) is 6.70. The highest BCUT2D eigenvalue weighted by Crippen LogP contribution is 2.61. The van der Waals surface area contributed by atoms with Gasteiger partial charge in [-0.1, -0.05) is 0 Å². The van der Waals surface area contributed by atoms with Crippen LogP contribution in [-0.4, -0.2) is 19.1 Å². The minimum Gasteiger partial charge on any atom is -0.497 e. The lowest BCUT2D eigenvalue weighted by Gasteiger charge is -2.59. The molecule has 4 fully saturated rings. The highest BCUT2D eigenvalue weighted by atomic mass is 16.5. The summed E-state index contributed by atoms with van der Waals surface area (Å²) in [4.78, 5) is 12.6. The van der Waals surface area contributed by atoms with Gasteiger partial charge in [-0.15, -0.1) is 0 Å². The summed E-state index contributed by atoms with van der Waals surface area (Å²) in [6.45, 7) is 2.23. The van der Waals surface area contributed by atoms with Crippen molar-refractivity contribution < 1.29 is 9.53 Å². The average molecular weight is 313 g/mol. The number of hydrogen-bond acceptors (Lipinski definition) is 2. The molecule has 0 heterocycles. The number of rotatable bonds is 4. The van der Waals surface area contributed by atoms with E-state index < -0.39 is 0 Å². The molecule has 1 aromatic rings. The average Bonchev–Trinajstić information content (AvgIpc) is 2.53. The Hall–Kier alpha value is -1.51. The van der Waals surface area contributed by atoms with Gasteiger partial charge in [0.1, 0.15) is 5.75 Å². The molecule has 3 heteroatoms. The minimum absolute atomic E-state index is 0.0518. The van der Waals surface area contributed by atoms with E-state index in [2.05, 4.69) is 12.2 Å². The van der Waals surface area contributed by atoms with Gasteiger partial charge in [0.2, 0.25) is 0 Å². The lowest BCUT2D eigenvalue weighted by molar-refractivity contribution is -0.0688. The van der Waals surface area contributed by atoms with Gasteiger partial charge in [0.15, 0.2) is 0 Å². The third-order valence-electron chi connectivity index (χ3n) is 6.70. The molecule has 0 spiro atoms. The van der Waals surface area contributed by atoms with Crippen LogP contribution in [0.1, 0.15) is 55.8 Å². The summed E-state index contributed by atoms with van der Waals surface area (Å²) in [5.41, 5.74) is 1.08. The molecule has 4 saturated carbocycles. The van der Waals surface area contributed by atoms with Crippen molar-refractivity contribution in [2.24, 2.45) is 23.2 Å². The van der Waals surface area contributed by atoms with Crippen LogP contribution in [0.15, 0.2) is 24.3 Å². The van der Waals surface area contributed by atoms with Gasteiger partial charge in [-0.2, -0.15) is 0 Å². The molecule has 4 bridgehead atoms. The Balaban J connectivity index is 1.46. The third kappa shape index (κ3) is 2.64. The van der Waals surface area contributed by atoms with Crippen molar-refractivity contribution in [3.8, 4) is 5.75 Å².